The summed E-state index contributed by atoms with van der Waals surface area (Å²) in [5, 5.41) is 7.00. The Hall–Kier alpha value is -2.41. The summed E-state index contributed by atoms with van der Waals surface area (Å²) in [6.07, 6.45) is 2.02. The van der Waals surface area contributed by atoms with Crippen molar-refractivity contribution in [1.29, 1.82) is 0 Å². The number of fused-ring (bicyclic) bond motifs is 1. The van der Waals surface area contributed by atoms with Crippen LogP contribution >= 0.6 is 22.9 Å². The molecule has 5 nitrogen and oxygen atoms in total. The molecule has 0 aliphatic carbocycles. The van der Waals surface area contributed by atoms with Crippen molar-refractivity contribution in [3.63, 3.8) is 0 Å². The van der Waals surface area contributed by atoms with E-state index in [1.807, 2.05) is 24.3 Å². The van der Waals surface area contributed by atoms with E-state index in [4.69, 9.17) is 16.3 Å². The second-order valence-corrected chi connectivity index (χ2v) is 8.02. The Morgan fingerprint density at radius 1 is 1.11 bits per heavy atom. The molecule has 7 heteroatoms. The van der Waals surface area contributed by atoms with Crippen LogP contribution in [0.15, 0.2) is 48.5 Å². The van der Waals surface area contributed by atoms with Gasteiger partial charge in [-0.1, -0.05) is 41.9 Å². The molecule has 1 atom stereocenters. The number of hydrogen-bond donors (Lipinski definition) is 2. The Morgan fingerprint density at radius 3 is 2.68 bits per heavy atom. The van der Waals surface area contributed by atoms with Crippen LogP contribution in [0.1, 0.15) is 32.9 Å². The first kappa shape index (κ1) is 18.9. The third-order valence-corrected chi connectivity index (χ3v) is 6.35. The molecule has 1 unspecified atom stereocenters. The molecule has 2 N–H and O–H groups in total. The number of nitrogens with one attached hydrogen (secondary N) is 2. The third kappa shape index (κ3) is 3.90. The molecule has 0 bridgehead atoms. The highest BCUT2D eigenvalue weighted by atomic mass is 35.5. The quantitative estimate of drug-likeness (QED) is 0.635. The van der Waals surface area contributed by atoms with E-state index in [0.29, 0.717) is 27.7 Å². The third-order valence-electron chi connectivity index (χ3n) is 4.68. The molecule has 28 heavy (non-hydrogen) atoms. The Balaban J connectivity index is 1.52. The van der Waals surface area contributed by atoms with Crippen LogP contribution in [0.3, 0.4) is 0 Å². The minimum Gasteiger partial charge on any atom is -0.376 e. The van der Waals surface area contributed by atoms with Crippen molar-refractivity contribution in [3.05, 3.63) is 64.0 Å². The molecule has 144 valence electrons. The maximum Gasteiger partial charge on any atom is 0.267 e. The number of anilines is 1. The fraction of sp³-hybridized carbons (Fsp3) is 0.238. The summed E-state index contributed by atoms with van der Waals surface area (Å²) < 4.78 is 6.48. The van der Waals surface area contributed by atoms with E-state index in [0.717, 1.165) is 29.5 Å². The van der Waals surface area contributed by atoms with Crippen molar-refractivity contribution >= 4 is 50.5 Å². The molecule has 0 radical (unpaired) electrons. The normalized spacial score (nSPS) is 16.2. The first-order valence-corrected chi connectivity index (χ1v) is 10.3. The number of ether oxygens (including phenoxy) is 1. The summed E-state index contributed by atoms with van der Waals surface area (Å²) >= 11 is 7.73. The SMILES string of the molecule is O=C(NCC1CCCO1)c1ccccc1NC(=O)c1sc2ccccc2c1Cl. The van der Waals surface area contributed by atoms with Gasteiger partial charge in [0, 0.05) is 23.2 Å². The molecule has 0 saturated carbocycles. The van der Waals surface area contributed by atoms with Crippen molar-refractivity contribution in [3.8, 4) is 0 Å². The first-order valence-electron chi connectivity index (χ1n) is 9.10. The summed E-state index contributed by atoms with van der Waals surface area (Å²) in [4.78, 5) is 25.8. The van der Waals surface area contributed by atoms with Gasteiger partial charge in [-0.3, -0.25) is 9.59 Å². The molecule has 1 aromatic heterocycles. The van der Waals surface area contributed by atoms with E-state index in [2.05, 4.69) is 10.6 Å². The standard InChI is InChI=1S/C21H19ClN2O3S/c22-18-15-8-2-4-10-17(15)28-19(18)21(26)24-16-9-3-1-7-14(16)20(25)23-12-13-6-5-11-27-13/h1-4,7-10,13H,5-6,11-12H2,(H,23,25)(H,24,26). The van der Waals surface area contributed by atoms with Gasteiger partial charge in [-0.25, -0.2) is 0 Å². The monoisotopic (exact) mass is 414 g/mol. The van der Waals surface area contributed by atoms with E-state index in [-0.39, 0.29) is 17.9 Å². The largest absolute Gasteiger partial charge is 0.376 e. The Morgan fingerprint density at radius 2 is 1.89 bits per heavy atom. The number of para-hydroxylation sites is 1. The van der Waals surface area contributed by atoms with Crippen molar-refractivity contribution in [2.45, 2.75) is 18.9 Å². The maximum absolute atomic E-state index is 12.8. The molecule has 2 aromatic carbocycles. The van der Waals surface area contributed by atoms with Gasteiger partial charge in [0.2, 0.25) is 0 Å². The van der Waals surface area contributed by atoms with Crippen LogP contribution in [-0.2, 0) is 4.74 Å². The Labute approximate surface area is 171 Å². The topological polar surface area (TPSA) is 67.4 Å². The molecular formula is C21H19ClN2O3S. The highest BCUT2D eigenvalue weighted by molar-refractivity contribution is 7.21. The van der Waals surface area contributed by atoms with E-state index < -0.39 is 0 Å². The van der Waals surface area contributed by atoms with Gasteiger partial charge < -0.3 is 15.4 Å². The van der Waals surface area contributed by atoms with Crippen LogP contribution in [-0.4, -0.2) is 31.1 Å². The van der Waals surface area contributed by atoms with Crippen molar-refractivity contribution in [1.82, 2.24) is 5.32 Å². The summed E-state index contributed by atoms with van der Waals surface area (Å²) in [6.45, 7) is 1.20. The molecule has 1 saturated heterocycles. The van der Waals surface area contributed by atoms with Crippen molar-refractivity contribution in [2.24, 2.45) is 0 Å². The predicted molar refractivity (Wildman–Crippen MR) is 113 cm³/mol. The van der Waals surface area contributed by atoms with Crippen molar-refractivity contribution in [2.75, 3.05) is 18.5 Å². The average molecular weight is 415 g/mol. The highest BCUT2D eigenvalue weighted by Gasteiger charge is 2.21. The lowest BCUT2D eigenvalue weighted by atomic mass is 10.1. The molecular weight excluding hydrogens is 396 g/mol. The minimum absolute atomic E-state index is 0.0584. The van der Waals surface area contributed by atoms with Crippen LogP contribution < -0.4 is 10.6 Å². The van der Waals surface area contributed by atoms with Gasteiger partial charge in [-0.15, -0.1) is 11.3 Å². The number of hydrogen-bond acceptors (Lipinski definition) is 4. The van der Waals surface area contributed by atoms with Crippen LogP contribution in [0, 0.1) is 0 Å². The maximum atomic E-state index is 12.8. The Bertz CT molecular complexity index is 1030. The number of thiophene rings is 1. The molecule has 0 spiro atoms. The summed E-state index contributed by atoms with van der Waals surface area (Å²) in [6, 6.07) is 14.5. The zero-order chi connectivity index (χ0) is 19.5. The van der Waals surface area contributed by atoms with E-state index >= 15 is 0 Å². The molecule has 1 aliphatic rings. The van der Waals surface area contributed by atoms with Gasteiger partial charge in [0.05, 0.1) is 22.4 Å². The number of amides is 2. The summed E-state index contributed by atoms with van der Waals surface area (Å²) in [5.74, 6) is -0.570. The molecule has 3 aromatic rings. The zero-order valence-corrected chi connectivity index (χ0v) is 16.6. The molecule has 2 heterocycles. The van der Waals surface area contributed by atoms with E-state index in [9.17, 15) is 9.59 Å². The van der Waals surface area contributed by atoms with Crippen LogP contribution in [0.25, 0.3) is 10.1 Å². The molecule has 2 amide bonds. The van der Waals surface area contributed by atoms with Gasteiger partial charge in [0.1, 0.15) is 4.88 Å². The smallest absolute Gasteiger partial charge is 0.267 e. The number of rotatable bonds is 5. The van der Waals surface area contributed by atoms with Gasteiger partial charge in [-0.2, -0.15) is 0 Å². The van der Waals surface area contributed by atoms with Gasteiger partial charge in [0.25, 0.3) is 11.8 Å². The summed E-state index contributed by atoms with van der Waals surface area (Å²) in [5.41, 5.74) is 0.858. The van der Waals surface area contributed by atoms with Gasteiger partial charge >= 0.3 is 0 Å². The fourth-order valence-corrected chi connectivity index (χ4v) is 4.65. The van der Waals surface area contributed by atoms with Gasteiger partial charge in [-0.05, 0) is 31.0 Å². The summed E-state index contributed by atoms with van der Waals surface area (Å²) in [7, 11) is 0. The predicted octanol–water partition coefficient (Wildman–Crippen LogP) is 4.72. The second kappa shape index (κ2) is 8.31. The first-order chi connectivity index (χ1) is 13.6. The van der Waals surface area contributed by atoms with Crippen molar-refractivity contribution < 1.29 is 14.3 Å². The minimum atomic E-state index is -0.328. The average Bonchev–Trinajstić information content (AvgIpc) is 3.35. The molecule has 1 aliphatic heterocycles. The fourth-order valence-electron chi connectivity index (χ4n) is 3.24. The van der Waals surface area contributed by atoms with E-state index in [1.54, 1.807) is 24.3 Å². The number of halogens is 1. The lowest BCUT2D eigenvalue weighted by Crippen LogP contribution is -2.32. The number of benzene rings is 2. The second-order valence-electron chi connectivity index (χ2n) is 6.59. The van der Waals surface area contributed by atoms with Gasteiger partial charge in [0.15, 0.2) is 0 Å². The van der Waals surface area contributed by atoms with Crippen LogP contribution in [0.5, 0.6) is 0 Å². The van der Waals surface area contributed by atoms with Crippen LogP contribution in [0.2, 0.25) is 5.02 Å². The lowest BCUT2D eigenvalue weighted by molar-refractivity contribution is 0.0858. The zero-order valence-electron chi connectivity index (χ0n) is 15.0. The van der Waals surface area contributed by atoms with E-state index in [1.165, 1.54) is 11.3 Å². The number of carbonyl (C=O) groups excluding carboxylic acids is 2. The molecule has 1 fully saturated rings. The molecule has 4 rings (SSSR count). The Kier molecular flexibility index (Phi) is 5.62. The van der Waals surface area contributed by atoms with Crippen LogP contribution in [0.4, 0.5) is 5.69 Å². The highest BCUT2D eigenvalue weighted by Crippen LogP contribution is 2.35. The number of carbonyl (C=O) groups is 2. The lowest BCUT2D eigenvalue weighted by Gasteiger charge is -2.13.